The maximum absolute atomic E-state index is 15.3. The molecule has 0 saturated heterocycles. The van der Waals surface area contributed by atoms with Crippen molar-refractivity contribution in [3.8, 4) is 0 Å². The molecule has 0 aliphatic carbocycles. The Balaban J connectivity index is 1.89. The molecule has 1 aliphatic heterocycles. The highest BCUT2D eigenvalue weighted by Crippen LogP contribution is 2.41. The molecule has 0 fully saturated rings. The zero-order chi connectivity index (χ0) is 20.7. The summed E-state index contributed by atoms with van der Waals surface area (Å²) >= 11 is 5.73. The van der Waals surface area contributed by atoms with Crippen molar-refractivity contribution in [3.05, 3.63) is 69.2 Å². The standard InChI is InChI=1S/C19H14ClF4NO3/c1-10-5-11(3-4-15(10)17(26)27-2)16-9-18(21,28-25-16)12-6-13(19(22,23)24)8-14(20)7-12/h3-8H,9H2,1-2H3. The van der Waals surface area contributed by atoms with Gasteiger partial charge in [0.2, 0.25) is 0 Å². The molecule has 1 aliphatic rings. The monoisotopic (exact) mass is 415 g/mol. The minimum atomic E-state index is -4.68. The molecular weight excluding hydrogens is 402 g/mol. The van der Waals surface area contributed by atoms with Crippen LogP contribution in [0, 0.1) is 6.92 Å². The molecule has 0 N–H and O–H groups in total. The highest BCUT2D eigenvalue weighted by atomic mass is 35.5. The molecule has 0 amide bonds. The number of halogens is 5. The molecular formula is C19H14ClF4NO3. The molecule has 2 aromatic rings. The number of alkyl halides is 4. The van der Waals surface area contributed by atoms with Crippen LogP contribution >= 0.6 is 11.6 Å². The number of hydrogen-bond donors (Lipinski definition) is 0. The first-order valence-electron chi connectivity index (χ1n) is 8.05. The number of ether oxygens (including phenoxy) is 1. The van der Waals surface area contributed by atoms with E-state index in [-0.39, 0.29) is 16.3 Å². The van der Waals surface area contributed by atoms with E-state index in [4.69, 9.17) is 16.4 Å². The van der Waals surface area contributed by atoms with Gasteiger partial charge >= 0.3 is 18.0 Å². The third-order valence-corrected chi connectivity index (χ3v) is 4.53. The first kappa shape index (κ1) is 20.1. The van der Waals surface area contributed by atoms with Crippen LogP contribution in [-0.4, -0.2) is 18.8 Å². The highest BCUT2D eigenvalue weighted by molar-refractivity contribution is 6.30. The van der Waals surface area contributed by atoms with Gasteiger partial charge in [0.05, 0.1) is 30.4 Å². The quantitative estimate of drug-likeness (QED) is 0.498. The van der Waals surface area contributed by atoms with Gasteiger partial charge in [-0.2, -0.15) is 17.6 Å². The Bertz CT molecular complexity index is 974. The van der Waals surface area contributed by atoms with Gasteiger partial charge in [0.1, 0.15) is 0 Å². The van der Waals surface area contributed by atoms with Gasteiger partial charge in [-0.3, -0.25) is 0 Å². The zero-order valence-corrected chi connectivity index (χ0v) is 15.5. The Kier molecular flexibility index (Phi) is 5.10. The lowest BCUT2D eigenvalue weighted by Crippen LogP contribution is -2.21. The summed E-state index contributed by atoms with van der Waals surface area (Å²) in [5.41, 5.74) is 0.113. The van der Waals surface area contributed by atoms with Crippen LogP contribution < -0.4 is 0 Å². The lowest BCUT2D eigenvalue weighted by molar-refractivity contribution is -0.140. The molecule has 9 heteroatoms. The average molecular weight is 416 g/mol. The van der Waals surface area contributed by atoms with Crippen LogP contribution in [-0.2, 0) is 21.6 Å². The largest absolute Gasteiger partial charge is 0.465 e. The van der Waals surface area contributed by atoms with Crippen LogP contribution in [0.25, 0.3) is 0 Å². The van der Waals surface area contributed by atoms with Crippen LogP contribution in [0.4, 0.5) is 17.6 Å². The van der Waals surface area contributed by atoms with Crippen LogP contribution in [0.5, 0.6) is 0 Å². The molecule has 0 saturated carbocycles. The Hall–Kier alpha value is -2.61. The summed E-state index contributed by atoms with van der Waals surface area (Å²) in [4.78, 5) is 16.5. The fourth-order valence-electron chi connectivity index (χ4n) is 2.87. The molecule has 28 heavy (non-hydrogen) atoms. The fourth-order valence-corrected chi connectivity index (χ4v) is 3.10. The van der Waals surface area contributed by atoms with Gasteiger partial charge in [-0.1, -0.05) is 22.8 Å². The maximum Gasteiger partial charge on any atom is 0.416 e. The number of esters is 1. The number of hydrogen-bond acceptors (Lipinski definition) is 4. The number of nitrogens with zero attached hydrogens (tertiary/aromatic N) is 1. The van der Waals surface area contributed by atoms with E-state index >= 15 is 4.39 Å². The highest BCUT2D eigenvalue weighted by Gasteiger charge is 2.43. The Morgan fingerprint density at radius 3 is 2.57 bits per heavy atom. The van der Waals surface area contributed by atoms with Crippen molar-refractivity contribution >= 4 is 23.3 Å². The topological polar surface area (TPSA) is 47.9 Å². The first-order chi connectivity index (χ1) is 13.0. The van der Waals surface area contributed by atoms with Crippen molar-refractivity contribution in [2.45, 2.75) is 25.4 Å². The third kappa shape index (κ3) is 3.82. The van der Waals surface area contributed by atoms with Crippen molar-refractivity contribution in [2.75, 3.05) is 7.11 Å². The Morgan fingerprint density at radius 1 is 1.25 bits per heavy atom. The van der Waals surface area contributed by atoms with E-state index in [2.05, 4.69) is 9.89 Å². The second kappa shape index (κ2) is 7.09. The van der Waals surface area contributed by atoms with E-state index in [0.717, 1.165) is 6.07 Å². The summed E-state index contributed by atoms with van der Waals surface area (Å²) in [7, 11) is 1.25. The number of rotatable bonds is 3. The van der Waals surface area contributed by atoms with Crippen LogP contribution in [0.1, 0.15) is 39.0 Å². The van der Waals surface area contributed by atoms with E-state index in [1.165, 1.54) is 19.2 Å². The van der Waals surface area contributed by atoms with Gasteiger partial charge in [0.25, 0.3) is 0 Å². The predicted octanol–water partition coefficient (Wildman–Crippen LogP) is 5.40. The predicted molar refractivity (Wildman–Crippen MR) is 94.0 cm³/mol. The molecule has 0 spiro atoms. The summed E-state index contributed by atoms with van der Waals surface area (Å²) in [6.45, 7) is 1.67. The molecule has 1 atom stereocenters. The second-order valence-corrected chi connectivity index (χ2v) is 6.72. The molecule has 4 nitrogen and oxygen atoms in total. The number of carbonyl (C=O) groups is 1. The fraction of sp³-hybridized carbons (Fsp3) is 0.263. The SMILES string of the molecule is COC(=O)c1ccc(C2=NOC(F)(c3cc(Cl)cc(C(F)(F)F)c3)C2)cc1C. The number of carbonyl (C=O) groups excluding carboxylic acids is 1. The smallest absolute Gasteiger partial charge is 0.416 e. The summed E-state index contributed by atoms with van der Waals surface area (Å²) < 4.78 is 58.9. The molecule has 1 heterocycles. The minimum absolute atomic E-state index is 0.190. The average Bonchev–Trinajstić information content (AvgIpc) is 3.03. The molecule has 0 aromatic heterocycles. The Labute approximate surface area is 162 Å². The molecule has 2 aromatic carbocycles. The van der Waals surface area contributed by atoms with Crippen LogP contribution in [0.15, 0.2) is 41.6 Å². The van der Waals surface area contributed by atoms with Crippen molar-refractivity contribution in [1.82, 2.24) is 0 Å². The van der Waals surface area contributed by atoms with Gasteiger partial charge in [-0.05, 0) is 48.4 Å². The first-order valence-corrected chi connectivity index (χ1v) is 8.43. The van der Waals surface area contributed by atoms with E-state index in [9.17, 15) is 18.0 Å². The summed E-state index contributed by atoms with van der Waals surface area (Å²) in [5.74, 6) is -3.11. The molecule has 0 radical (unpaired) electrons. The second-order valence-electron chi connectivity index (χ2n) is 6.28. The van der Waals surface area contributed by atoms with Gasteiger partial charge in [-0.25, -0.2) is 4.79 Å². The van der Waals surface area contributed by atoms with E-state index < -0.39 is 30.0 Å². The summed E-state index contributed by atoms with van der Waals surface area (Å²) in [6, 6.07) is 7.06. The number of benzene rings is 2. The zero-order valence-electron chi connectivity index (χ0n) is 14.7. The van der Waals surface area contributed by atoms with E-state index in [1.54, 1.807) is 13.0 Å². The number of aryl methyl sites for hydroxylation is 1. The number of methoxy groups -OCH3 is 1. The summed E-state index contributed by atoms with van der Waals surface area (Å²) in [5, 5.41) is 3.43. The van der Waals surface area contributed by atoms with Crippen molar-refractivity contribution in [3.63, 3.8) is 0 Å². The molecule has 148 valence electrons. The Morgan fingerprint density at radius 2 is 1.96 bits per heavy atom. The van der Waals surface area contributed by atoms with Gasteiger partial charge in [0, 0.05) is 10.6 Å². The van der Waals surface area contributed by atoms with Crippen LogP contribution in [0.3, 0.4) is 0 Å². The molecule has 3 rings (SSSR count). The van der Waals surface area contributed by atoms with Crippen molar-refractivity contribution < 1.29 is 31.9 Å². The van der Waals surface area contributed by atoms with Crippen molar-refractivity contribution in [2.24, 2.45) is 5.16 Å². The van der Waals surface area contributed by atoms with Gasteiger partial charge < -0.3 is 9.57 Å². The summed E-state index contributed by atoms with van der Waals surface area (Å²) in [6.07, 6.45) is -5.10. The van der Waals surface area contributed by atoms with E-state index in [1.807, 2.05) is 0 Å². The normalized spacial score (nSPS) is 19.2. The molecule has 1 unspecified atom stereocenters. The number of oxime groups is 1. The third-order valence-electron chi connectivity index (χ3n) is 4.32. The minimum Gasteiger partial charge on any atom is -0.465 e. The van der Waals surface area contributed by atoms with Gasteiger partial charge in [-0.15, -0.1) is 0 Å². The van der Waals surface area contributed by atoms with E-state index in [0.29, 0.717) is 28.8 Å². The lowest BCUT2D eigenvalue weighted by Gasteiger charge is -2.19. The maximum atomic E-state index is 15.3. The van der Waals surface area contributed by atoms with Crippen molar-refractivity contribution in [1.29, 1.82) is 0 Å². The van der Waals surface area contributed by atoms with Crippen LogP contribution in [0.2, 0.25) is 5.02 Å². The van der Waals surface area contributed by atoms with Gasteiger partial charge in [0.15, 0.2) is 0 Å². The lowest BCUT2D eigenvalue weighted by atomic mass is 9.95. The molecule has 0 bridgehead atoms.